The van der Waals surface area contributed by atoms with Gasteiger partial charge in [-0.1, -0.05) is 11.6 Å². The van der Waals surface area contributed by atoms with E-state index < -0.39 is 0 Å². The van der Waals surface area contributed by atoms with Crippen LogP contribution in [0, 0.1) is 0 Å². The first-order chi connectivity index (χ1) is 10.6. The SMILES string of the molecule is Cn1cnc2nn(-c3ccnc(NC4CC4)c3)c(Cl)c2c1=O. The topological polar surface area (TPSA) is 77.6 Å². The highest BCUT2D eigenvalue weighted by Crippen LogP contribution is 2.26. The van der Waals surface area contributed by atoms with Crippen LogP contribution in [0.3, 0.4) is 0 Å². The Balaban J connectivity index is 1.85. The fourth-order valence-electron chi connectivity index (χ4n) is 2.27. The largest absolute Gasteiger partial charge is 0.367 e. The Kier molecular flexibility index (Phi) is 2.90. The molecule has 3 heterocycles. The van der Waals surface area contributed by atoms with Gasteiger partial charge in [-0.3, -0.25) is 4.79 Å². The Morgan fingerprint density at radius 1 is 1.36 bits per heavy atom. The normalized spacial score (nSPS) is 14.5. The van der Waals surface area contributed by atoms with Gasteiger partial charge in [0.1, 0.15) is 16.4 Å². The maximum absolute atomic E-state index is 12.2. The van der Waals surface area contributed by atoms with Gasteiger partial charge in [-0.05, 0) is 18.9 Å². The average molecular weight is 317 g/mol. The number of fused-ring (bicyclic) bond motifs is 1. The standard InChI is InChI=1S/C14H13ClN6O/c1-20-7-17-13-11(14(20)22)12(15)21(19-13)9-4-5-16-10(6-9)18-8-2-3-8/h4-8H,2-3H2,1H3,(H,16,18). The number of pyridine rings is 1. The summed E-state index contributed by atoms with van der Waals surface area (Å²) in [5.74, 6) is 0.775. The van der Waals surface area contributed by atoms with Crippen LogP contribution in [0.15, 0.2) is 29.5 Å². The molecular formula is C14H13ClN6O. The van der Waals surface area contributed by atoms with Gasteiger partial charge in [0.05, 0.1) is 12.0 Å². The molecule has 1 aliphatic rings. The molecule has 0 unspecified atom stereocenters. The molecule has 0 radical (unpaired) electrons. The van der Waals surface area contributed by atoms with Gasteiger partial charge in [-0.15, -0.1) is 5.10 Å². The van der Waals surface area contributed by atoms with Gasteiger partial charge < -0.3 is 9.88 Å². The number of hydrogen-bond acceptors (Lipinski definition) is 5. The minimum Gasteiger partial charge on any atom is -0.367 e. The van der Waals surface area contributed by atoms with Gasteiger partial charge in [0.15, 0.2) is 5.65 Å². The molecule has 1 N–H and O–H groups in total. The lowest BCUT2D eigenvalue weighted by Crippen LogP contribution is -2.16. The second-order valence-electron chi connectivity index (χ2n) is 5.38. The molecule has 4 rings (SSSR count). The molecule has 8 heteroatoms. The summed E-state index contributed by atoms with van der Waals surface area (Å²) in [5, 5.41) is 8.22. The van der Waals surface area contributed by atoms with E-state index in [9.17, 15) is 4.79 Å². The van der Waals surface area contributed by atoms with Crippen molar-refractivity contribution >= 4 is 28.5 Å². The van der Waals surface area contributed by atoms with Crippen LogP contribution in [-0.4, -0.2) is 30.4 Å². The lowest BCUT2D eigenvalue weighted by Gasteiger charge is -2.06. The van der Waals surface area contributed by atoms with E-state index >= 15 is 0 Å². The van der Waals surface area contributed by atoms with Crippen molar-refractivity contribution in [2.24, 2.45) is 7.05 Å². The Hall–Kier alpha value is -2.41. The zero-order chi connectivity index (χ0) is 15.3. The molecule has 3 aromatic heterocycles. The monoisotopic (exact) mass is 316 g/mol. The zero-order valence-corrected chi connectivity index (χ0v) is 12.6. The van der Waals surface area contributed by atoms with Crippen LogP contribution in [-0.2, 0) is 7.05 Å². The summed E-state index contributed by atoms with van der Waals surface area (Å²) in [7, 11) is 1.63. The van der Waals surface area contributed by atoms with Crippen molar-refractivity contribution in [3.63, 3.8) is 0 Å². The van der Waals surface area contributed by atoms with Crippen LogP contribution < -0.4 is 10.9 Å². The van der Waals surface area contributed by atoms with Gasteiger partial charge in [0.2, 0.25) is 0 Å². The summed E-state index contributed by atoms with van der Waals surface area (Å²) in [5.41, 5.74) is 0.858. The number of nitrogens with zero attached hydrogens (tertiary/aromatic N) is 5. The van der Waals surface area contributed by atoms with Crippen LogP contribution in [0.5, 0.6) is 0 Å². The Bertz CT molecular complexity index is 927. The molecule has 0 saturated heterocycles. The fourth-order valence-corrected chi connectivity index (χ4v) is 2.57. The summed E-state index contributed by atoms with van der Waals surface area (Å²) in [6.45, 7) is 0. The Labute approximate surface area is 130 Å². The third kappa shape index (κ3) is 2.14. The minimum absolute atomic E-state index is 0.216. The molecule has 0 bridgehead atoms. The van der Waals surface area contributed by atoms with Crippen molar-refractivity contribution in [2.75, 3.05) is 5.32 Å². The van der Waals surface area contributed by atoms with Gasteiger partial charge >= 0.3 is 0 Å². The van der Waals surface area contributed by atoms with E-state index in [-0.39, 0.29) is 10.7 Å². The maximum atomic E-state index is 12.2. The van der Waals surface area contributed by atoms with E-state index in [0.29, 0.717) is 17.1 Å². The second kappa shape index (κ2) is 4.81. The average Bonchev–Trinajstić information content (AvgIpc) is 3.25. The maximum Gasteiger partial charge on any atom is 0.265 e. The molecule has 0 spiro atoms. The van der Waals surface area contributed by atoms with Crippen LogP contribution >= 0.6 is 11.6 Å². The van der Waals surface area contributed by atoms with E-state index in [1.807, 2.05) is 6.07 Å². The Morgan fingerprint density at radius 2 is 2.18 bits per heavy atom. The van der Waals surface area contributed by atoms with Crippen molar-refractivity contribution in [3.8, 4) is 5.69 Å². The third-order valence-corrected chi connectivity index (χ3v) is 3.96. The van der Waals surface area contributed by atoms with Gasteiger partial charge in [0, 0.05) is 25.4 Å². The van der Waals surface area contributed by atoms with Gasteiger partial charge in [0.25, 0.3) is 5.56 Å². The lowest BCUT2D eigenvalue weighted by atomic mass is 10.3. The van der Waals surface area contributed by atoms with Crippen LogP contribution in [0.4, 0.5) is 5.82 Å². The highest BCUT2D eigenvalue weighted by Gasteiger charge is 2.22. The summed E-state index contributed by atoms with van der Waals surface area (Å²) in [6.07, 6.45) is 5.45. The van der Waals surface area contributed by atoms with Crippen LogP contribution in [0.2, 0.25) is 5.15 Å². The summed E-state index contributed by atoms with van der Waals surface area (Å²) < 4.78 is 2.90. The number of anilines is 1. The molecule has 0 aromatic carbocycles. The molecule has 1 fully saturated rings. The molecule has 0 atom stereocenters. The number of hydrogen-bond donors (Lipinski definition) is 1. The first-order valence-electron chi connectivity index (χ1n) is 6.96. The van der Waals surface area contributed by atoms with E-state index in [1.165, 1.54) is 15.6 Å². The number of nitrogens with one attached hydrogen (secondary N) is 1. The van der Waals surface area contributed by atoms with Gasteiger partial charge in [-0.2, -0.15) is 0 Å². The van der Waals surface area contributed by atoms with Crippen molar-refractivity contribution in [2.45, 2.75) is 18.9 Å². The first-order valence-corrected chi connectivity index (χ1v) is 7.34. The van der Waals surface area contributed by atoms with Crippen LogP contribution in [0.1, 0.15) is 12.8 Å². The number of aromatic nitrogens is 5. The minimum atomic E-state index is -0.216. The highest BCUT2D eigenvalue weighted by atomic mass is 35.5. The quantitative estimate of drug-likeness (QED) is 0.796. The van der Waals surface area contributed by atoms with E-state index in [2.05, 4.69) is 20.4 Å². The first kappa shape index (κ1) is 13.3. The van der Waals surface area contributed by atoms with Crippen molar-refractivity contribution in [3.05, 3.63) is 40.2 Å². The third-order valence-electron chi connectivity index (χ3n) is 3.62. The molecule has 22 heavy (non-hydrogen) atoms. The number of rotatable bonds is 3. The van der Waals surface area contributed by atoms with E-state index in [4.69, 9.17) is 11.6 Å². The number of halogens is 1. The van der Waals surface area contributed by atoms with Gasteiger partial charge in [-0.25, -0.2) is 14.6 Å². The molecule has 3 aromatic rings. The predicted octanol–water partition coefficient (Wildman–Crippen LogP) is 1.74. The van der Waals surface area contributed by atoms with Crippen molar-refractivity contribution in [1.29, 1.82) is 0 Å². The molecule has 1 aliphatic carbocycles. The molecule has 7 nitrogen and oxygen atoms in total. The summed E-state index contributed by atoms with van der Waals surface area (Å²) in [6, 6.07) is 4.16. The van der Waals surface area contributed by atoms with Crippen LogP contribution in [0.25, 0.3) is 16.7 Å². The van der Waals surface area contributed by atoms with Crippen molar-refractivity contribution < 1.29 is 0 Å². The molecule has 112 valence electrons. The Morgan fingerprint density at radius 3 is 2.95 bits per heavy atom. The molecule has 0 aliphatic heterocycles. The summed E-state index contributed by atoms with van der Waals surface area (Å²) in [4.78, 5) is 20.6. The molecule has 0 amide bonds. The number of aryl methyl sites for hydroxylation is 1. The van der Waals surface area contributed by atoms with Crippen molar-refractivity contribution in [1.82, 2.24) is 24.3 Å². The van der Waals surface area contributed by atoms with E-state index in [1.54, 1.807) is 19.3 Å². The summed E-state index contributed by atoms with van der Waals surface area (Å²) >= 11 is 6.35. The molecular weight excluding hydrogens is 304 g/mol. The molecule has 1 saturated carbocycles. The zero-order valence-electron chi connectivity index (χ0n) is 11.8. The smallest absolute Gasteiger partial charge is 0.265 e. The predicted molar refractivity (Wildman–Crippen MR) is 83.6 cm³/mol. The highest BCUT2D eigenvalue weighted by molar-refractivity contribution is 6.34. The second-order valence-corrected chi connectivity index (χ2v) is 5.74. The van der Waals surface area contributed by atoms with E-state index in [0.717, 1.165) is 24.3 Å². The lowest BCUT2D eigenvalue weighted by molar-refractivity contribution is 0.838. The fraction of sp³-hybridized carbons (Fsp3) is 0.286.